The molecule has 1 aromatic carbocycles. The SMILES string of the molecule is O=C(N[C@H]1CCCNC1)c1ccc(Cl)cc1Br. The van der Waals surface area contributed by atoms with Crippen LogP contribution >= 0.6 is 27.5 Å². The molecule has 0 aromatic heterocycles. The van der Waals surface area contributed by atoms with E-state index in [-0.39, 0.29) is 11.9 Å². The zero-order chi connectivity index (χ0) is 12.3. The molecule has 1 aliphatic rings. The lowest BCUT2D eigenvalue weighted by molar-refractivity contribution is 0.0930. The van der Waals surface area contributed by atoms with Crippen LogP contribution in [0.4, 0.5) is 0 Å². The first-order valence-corrected chi connectivity index (χ1v) is 6.80. The maximum atomic E-state index is 12.0. The molecule has 1 amide bonds. The smallest absolute Gasteiger partial charge is 0.252 e. The third-order valence-corrected chi connectivity index (χ3v) is 3.70. The van der Waals surface area contributed by atoms with Crippen molar-refractivity contribution in [1.82, 2.24) is 10.6 Å². The van der Waals surface area contributed by atoms with Gasteiger partial charge in [0.15, 0.2) is 0 Å². The molecule has 0 bridgehead atoms. The highest BCUT2D eigenvalue weighted by Gasteiger charge is 2.17. The van der Waals surface area contributed by atoms with Crippen LogP contribution in [0.15, 0.2) is 22.7 Å². The van der Waals surface area contributed by atoms with Gasteiger partial charge < -0.3 is 10.6 Å². The summed E-state index contributed by atoms with van der Waals surface area (Å²) in [7, 11) is 0. The fraction of sp³-hybridized carbons (Fsp3) is 0.417. The molecule has 0 unspecified atom stereocenters. The maximum absolute atomic E-state index is 12.0. The number of halogens is 2. The number of nitrogens with one attached hydrogen (secondary N) is 2. The van der Waals surface area contributed by atoms with Gasteiger partial charge in [0.05, 0.1) is 5.56 Å². The molecule has 2 rings (SSSR count). The minimum Gasteiger partial charge on any atom is -0.348 e. The number of rotatable bonds is 2. The van der Waals surface area contributed by atoms with Gasteiger partial charge in [-0.25, -0.2) is 0 Å². The fourth-order valence-electron chi connectivity index (χ4n) is 1.91. The van der Waals surface area contributed by atoms with Crippen LogP contribution in [0.2, 0.25) is 5.02 Å². The zero-order valence-corrected chi connectivity index (χ0v) is 11.6. The van der Waals surface area contributed by atoms with Gasteiger partial charge >= 0.3 is 0 Å². The number of carbonyl (C=O) groups is 1. The Balaban J connectivity index is 2.03. The minimum atomic E-state index is -0.0535. The summed E-state index contributed by atoms with van der Waals surface area (Å²) in [5.74, 6) is -0.0535. The van der Waals surface area contributed by atoms with E-state index in [4.69, 9.17) is 11.6 Å². The highest BCUT2D eigenvalue weighted by Crippen LogP contribution is 2.21. The van der Waals surface area contributed by atoms with E-state index in [1.54, 1.807) is 18.2 Å². The summed E-state index contributed by atoms with van der Waals surface area (Å²) in [4.78, 5) is 12.0. The van der Waals surface area contributed by atoms with Gasteiger partial charge in [-0.05, 0) is 53.5 Å². The van der Waals surface area contributed by atoms with Crippen LogP contribution in [0.25, 0.3) is 0 Å². The second kappa shape index (κ2) is 5.85. The molecule has 3 nitrogen and oxygen atoms in total. The number of carbonyl (C=O) groups excluding carboxylic acids is 1. The third kappa shape index (κ3) is 3.44. The summed E-state index contributed by atoms with van der Waals surface area (Å²) in [5.41, 5.74) is 0.625. The second-order valence-corrected chi connectivity index (χ2v) is 5.43. The Morgan fingerprint density at radius 3 is 3.00 bits per heavy atom. The number of benzene rings is 1. The van der Waals surface area contributed by atoms with E-state index in [1.807, 2.05) is 0 Å². The third-order valence-electron chi connectivity index (χ3n) is 2.81. The van der Waals surface area contributed by atoms with Gasteiger partial charge in [-0.15, -0.1) is 0 Å². The lowest BCUT2D eigenvalue weighted by Crippen LogP contribution is -2.45. The Morgan fingerprint density at radius 2 is 2.35 bits per heavy atom. The van der Waals surface area contributed by atoms with Crippen molar-refractivity contribution in [2.75, 3.05) is 13.1 Å². The largest absolute Gasteiger partial charge is 0.348 e. The number of piperidine rings is 1. The molecule has 17 heavy (non-hydrogen) atoms. The van der Waals surface area contributed by atoms with E-state index in [0.717, 1.165) is 30.4 Å². The summed E-state index contributed by atoms with van der Waals surface area (Å²) >= 11 is 9.19. The minimum absolute atomic E-state index is 0.0535. The highest BCUT2D eigenvalue weighted by atomic mass is 79.9. The van der Waals surface area contributed by atoms with Gasteiger partial charge in [-0.3, -0.25) is 4.79 Å². The van der Waals surface area contributed by atoms with Crippen molar-refractivity contribution >= 4 is 33.4 Å². The molecule has 2 N–H and O–H groups in total. The highest BCUT2D eigenvalue weighted by molar-refractivity contribution is 9.10. The lowest BCUT2D eigenvalue weighted by Gasteiger charge is -2.24. The normalized spacial score (nSPS) is 20.0. The molecule has 1 heterocycles. The predicted molar refractivity (Wildman–Crippen MR) is 72.5 cm³/mol. The Bertz CT molecular complexity index is 419. The fourth-order valence-corrected chi connectivity index (χ4v) is 2.77. The summed E-state index contributed by atoms with van der Waals surface area (Å²) in [5, 5.41) is 6.91. The van der Waals surface area contributed by atoms with Crippen LogP contribution in [0.3, 0.4) is 0 Å². The standard InChI is InChI=1S/C12H14BrClN2O/c13-11-6-8(14)3-4-10(11)12(17)16-9-2-1-5-15-7-9/h3-4,6,9,15H,1-2,5,7H2,(H,16,17)/t9-/m0/s1. The summed E-state index contributed by atoms with van der Waals surface area (Å²) in [6.45, 7) is 1.88. The molecule has 0 aliphatic carbocycles. The summed E-state index contributed by atoms with van der Waals surface area (Å²) in [6.07, 6.45) is 2.14. The van der Waals surface area contributed by atoms with E-state index in [0.29, 0.717) is 10.6 Å². The molecule has 0 spiro atoms. The van der Waals surface area contributed by atoms with E-state index < -0.39 is 0 Å². The van der Waals surface area contributed by atoms with E-state index in [2.05, 4.69) is 26.6 Å². The van der Waals surface area contributed by atoms with Crippen molar-refractivity contribution in [3.05, 3.63) is 33.3 Å². The Kier molecular flexibility index (Phi) is 4.42. The predicted octanol–water partition coefficient (Wildman–Crippen LogP) is 2.58. The van der Waals surface area contributed by atoms with Crippen molar-refractivity contribution in [2.24, 2.45) is 0 Å². The van der Waals surface area contributed by atoms with Crippen LogP contribution in [0, 0.1) is 0 Å². The molecule has 1 saturated heterocycles. The average molecular weight is 318 g/mol. The Labute approximate surface area is 114 Å². The van der Waals surface area contributed by atoms with Crippen molar-refractivity contribution in [3.8, 4) is 0 Å². The molecule has 1 atom stereocenters. The number of hydrogen-bond donors (Lipinski definition) is 2. The zero-order valence-electron chi connectivity index (χ0n) is 9.30. The van der Waals surface area contributed by atoms with Crippen molar-refractivity contribution in [2.45, 2.75) is 18.9 Å². The van der Waals surface area contributed by atoms with Crippen LogP contribution in [0.5, 0.6) is 0 Å². The van der Waals surface area contributed by atoms with E-state index in [9.17, 15) is 4.79 Å². The van der Waals surface area contributed by atoms with Gasteiger partial charge in [-0.2, -0.15) is 0 Å². The van der Waals surface area contributed by atoms with Gasteiger partial charge in [-0.1, -0.05) is 11.6 Å². The summed E-state index contributed by atoms with van der Waals surface area (Å²) < 4.78 is 0.728. The van der Waals surface area contributed by atoms with Gasteiger partial charge in [0, 0.05) is 22.1 Å². The lowest BCUT2D eigenvalue weighted by atomic mass is 10.1. The van der Waals surface area contributed by atoms with Crippen LogP contribution < -0.4 is 10.6 Å². The van der Waals surface area contributed by atoms with Crippen LogP contribution in [0.1, 0.15) is 23.2 Å². The topological polar surface area (TPSA) is 41.1 Å². The first kappa shape index (κ1) is 12.9. The number of amides is 1. The van der Waals surface area contributed by atoms with Gasteiger partial charge in [0.1, 0.15) is 0 Å². The molecule has 1 fully saturated rings. The van der Waals surface area contributed by atoms with Crippen LogP contribution in [-0.2, 0) is 0 Å². The first-order chi connectivity index (χ1) is 8.16. The van der Waals surface area contributed by atoms with Crippen molar-refractivity contribution in [1.29, 1.82) is 0 Å². The quantitative estimate of drug-likeness (QED) is 0.880. The molecule has 5 heteroatoms. The molecular formula is C12H14BrClN2O. The molecule has 92 valence electrons. The molecule has 0 saturated carbocycles. The van der Waals surface area contributed by atoms with E-state index >= 15 is 0 Å². The second-order valence-electron chi connectivity index (χ2n) is 4.14. The van der Waals surface area contributed by atoms with E-state index in [1.165, 1.54) is 0 Å². The van der Waals surface area contributed by atoms with Gasteiger partial charge in [0.25, 0.3) is 5.91 Å². The first-order valence-electron chi connectivity index (χ1n) is 5.63. The molecule has 1 aromatic rings. The Hall–Kier alpha value is -0.580. The number of hydrogen-bond acceptors (Lipinski definition) is 2. The average Bonchev–Trinajstić information content (AvgIpc) is 2.30. The molecule has 1 aliphatic heterocycles. The van der Waals surface area contributed by atoms with Gasteiger partial charge in [0.2, 0.25) is 0 Å². The molecule has 0 radical (unpaired) electrons. The van der Waals surface area contributed by atoms with Crippen molar-refractivity contribution < 1.29 is 4.79 Å². The molecular weight excluding hydrogens is 304 g/mol. The van der Waals surface area contributed by atoms with Crippen molar-refractivity contribution in [3.63, 3.8) is 0 Å². The van der Waals surface area contributed by atoms with Crippen LogP contribution in [-0.4, -0.2) is 25.0 Å². The Morgan fingerprint density at radius 1 is 1.53 bits per heavy atom. The maximum Gasteiger partial charge on any atom is 0.252 e. The monoisotopic (exact) mass is 316 g/mol. The summed E-state index contributed by atoms with van der Waals surface area (Å²) in [6, 6.07) is 5.41.